The summed E-state index contributed by atoms with van der Waals surface area (Å²) in [6, 6.07) is 8.82. The van der Waals surface area contributed by atoms with E-state index < -0.39 is 13.8 Å². The maximum atomic E-state index is 10.2. The summed E-state index contributed by atoms with van der Waals surface area (Å²) >= 11 is 5.64. The molecule has 0 fully saturated rings. The third-order valence-corrected chi connectivity index (χ3v) is 2.10. The van der Waals surface area contributed by atoms with Gasteiger partial charge in [-0.15, -0.1) is 4.89 Å². The first-order valence-electron chi connectivity index (χ1n) is 3.22. The minimum atomic E-state index is -2.65. The summed E-state index contributed by atoms with van der Waals surface area (Å²) in [7, 11) is -2.65. The lowest BCUT2D eigenvalue weighted by Crippen LogP contribution is -1.89. The Labute approximate surface area is 75.9 Å². The Morgan fingerprint density at radius 2 is 2.00 bits per heavy atom. The van der Waals surface area contributed by atoms with Crippen LogP contribution in [0, 0.1) is 0 Å². The van der Waals surface area contributed by atoms with Gasteiger partial charge in [-0.05, 0) is 0 Å². The predicted molar refractivity (Wildman–Crippen MR) is 45.9 cm³/mol. The average molecular weight is 206 g/mol. The fourth-order valence-electron chi connectivity index (χ4n) is 0.744. The van der Waals surface area contributed by atoms with Crippen LogP contribution in [0.25, 0.3) is 0 Å². The highest BCUT2D eigenvalue weighted by molar-refractivity contribution is 7.32. The van der Waals surface area contributed by atoms with E-state index >= 15 is 0 Å². The van der Waals surface area contributed by atoms with E-state index in [9.17, 15) is 4.57 Å². The second kappa shape index (κ2) is 4.53. The molecule has 0 aliphatic rings. The molecule has 0 aromatic heterocycles. The van der Waals surface area contributed by atoms with Crippen molar-refractivity contribution in [3.63, 3.8) is 0 Å². The molecule has 64 valence electrons. The van der Waals surface area contributed by atoms with E-state index in [1.54, 1.807) is 24.3 Å². The molecule has 0 spiro atoms. The molecule has 0 amide bonds. The molecule has 2 atom stereocenters. The minimum absolute atomic E-state index is 0.663. The predicted octanol–water partition coefficient (Wildman–Crippen LogP) is 2.59. The van der Waals surface area contributed by atoms with Gasteiger partial charge in [0.05, 0.1) is 0 Å². The van der Waals surface area contributed by atoms with Crippen LogP contribution in [0.2, 0.25) is 0 Å². The lowest BCUT2D eigenvalue weighted by molar-refractivity contribution is 0.259. The molecule has 0 heterocycles. The Balaban J connectivity index is 2.65. The van der Waals surface area contributed by atoms with Crippen molar-refractivity contribution in [1.82, 2.24) is 0 Å². The Kier molecular flexibility index (Phi) is 3.63. The van der Waals surface area contributed by atoms with E-state index in [4.69, 9.17) is 16.5 Å². The van der Waals surface area contributed by atoms with E-state index in [1.807, 2.05) is 6.07 Å². The van der Waals surface area contributed by atoms with Gasteiger partial charge in [-0.2, -0.15) is 0 Å². The van der Waals surface area contributed by atoms with Gasteiger partial charge in [-0.25, -0.2) is 0 Å². The molecule has 0 aliphatic carbocycles. The van der Waals surface area contributed by atoms with Crippen molar-refractivity contribution in [2.75, 3.05) is 0 Å². The zero-order valence-corrected chi connectivity index (χ0v) is 7.70. The zero-order chi connectivity index (χ0) is 8.97. The molecule has 2 unspecified atom stereocenters. The number of hydrogen-bond acceptors (Lipinski definition) is 2. The van der Waals surface area contributed by atoms with Crippen LogP contribution in [0.3, 0.4) is 0 Å². The van der Waals surface area contributed by atoms with Crippen LogP contribution in [-0.4, -0.2) is 4.89 Å². The van der Waals surface area contributed by atoms with E-state index in [-0.39, 0.29) is 0 Å². The molecule has 3 nitrogen and oxygen atoms in total. The summed E-state index contributed by atoms with van der Waals surface area (Å²) in [5.41, 5.74) is -0.198. The second-order valence-electron chi connectivity index (χ2n) is 2.07. The molecule has 1 N–H and O–H groups in total. The van der Waals surface area contributed by atoms with Gasteiger partial charge in [0.1, 0.15) is 0 Å². The van der Waals surface area contributed by atoms with Gasteiger partial charge in [-0.1, -0.05) is 46.5 Å². The van der Waals surface area contributed by atoms with Gasteiger partial charge >= 0.3 is 8.25 Å². The van der Waals surface area contributed by atoms with Crippen LogP contribution >= 0.6 is 19.9 Å². The highest BCUT2D eigenvalue weighted by atomic mass is 35.5. The fourth-order valence-corrected chi connectivity index (χ4v) is 1.37. The van der Waals surface area contributed by atoms with Crippen LogP contribution in [-0.2, 0) is 9.09 Å². The van der Waals surface area contributed by atoms with Gasteiger partial charge in [0.2, 0.25) is 5.56 Å². The lowest BCUT2D eigenvalue weighted by atomic mass is 10.2. The molecule has 5 heteroatoms. The number of hydrogen-bond donors (Lipinski definition) is 1. The van der Waals surface area contributed by atoms with Crippen molar-refractivity contribution in [3.8, 4) is 0 Å². The molecular weight excluding hydrogens is 199 g/mol. The summed E-state index contributed by atoms with van der Waals surface area (Å²) in [5, 5.41) is 0. The first kappa shape index (κ1) is 9.62. The molecular formula is C7H7ClO3P+. The van der Waals surface area contributed by atoms with Crippen LogP contribution in [0.4, 0.5) is 0 Å². The molecule has 1 aromatic rings. The topological polar surface area (TPSA) is 46.5 Å². The van der Waals surface area contributed by atoms with Crippen molar-refractivity contribution in [2.24, 2.45) is 0 Å². The minimum Gasteiger partial charge on any atom is -0.133 e. The van der Waals surface area contributed by atoms with Gasteiger partial charge in [0.15, 0.2) is 0 Å². The maximum absolute atomic E-state index is 10.2. The number of alkyl halides is 1. The third-order valence-electron chi connectivity index (χ3n) is 1.24. The van der Waals surface area contributed by atoms with Crippen molar-refractivity contribution in [1.29, 1.82) is 0 Å². The summed E-state index contributed by atoms with van der Waals surface area (Å²) in [6.07, 6.45) is 0. The monoisotopic (exact) mass is 205 g/mol. The maximum Gasteiger partial charge on any atom is 0.696 e. The SMILES string of the molecule is O=[P+](O)OC(Cl)c1ccccc1. The van der Waals surface area contributed by atoms with E-state index in [0.29, 0.717) is 5.56 Å². The molecule has 1 aromatic carbocycles. The zero-order valence-electron chi connectivity index (χ0n) is 6.05. The Morgan fingerprint density at radius 3 is 2.50 bits per heavy atom. The summed E-state index contributed by atoms with van der Waals surface area (Å²) in [6.45, 7) is 0. The molecule has 0 saturated heterocycles. The van der Waals surface area contributed by atoms with Gasteiger partial charge in [-0.3, -0.25) is 0 Å². The first-order valence-corrected chi connectivity index (χ1v) is 4.79. The molecule has 0 radical (unpaired) electrons. The Bertz CT molecular complexity index is 265. The molecule has 1 rings (SSSR count). The largest absolute Gasteiger partial charge is 0.696 e. The average Bonchev–Trinajstić information content (AvgIpc) is 2.05. The summed E-state index contributed by atoms with van der Waals surface area (Å²) in [4.78, 5) is 8.39. The number of benzene rings is 1. The second-order valence-corrected chi connectivity index (χ2v) is 3.15. The standard InChI is InChI=1S/C7H6ClO3P/c8-7(11-12(9)10)6-4-2-1-3-5-6/h1-5,7H/p+1. The van der Waals surface area contributed by atoms with Crippen molar-refractivity contribution < 1.29 is 14.0 Å². The third kappa shape index (κ3) is 2.88. The van der Waals surface area contributed by atoms with Gasteiger partial charge < -0.3 is 0 Å². The first-order chi connectivity index (χ1) is 5.70. The highest BCUT2D eigenvalue weighted by Crippen LogP contribution is 2.31. The van der Waals surface area contributed by atoms with Crippen molar-refractivity contribution >= 4 is 19.9 Å². The van der Waals surface area contributed by atoms with Gasteiger partial charge in [0, 0.05) is 10.1 Å². The normalized spacial score (nSPS) is 14.0. The van der Waals surface area contributed by atoms with Crippen LogP contribution < -0.4 is 0 Å². The number of halogens is 1. The van der Waals surface area contributed by atoms with E-state index in [2.05, 4.69) is 4.52 Å². The van der Waals surface area contributed by atoms with E-state index in [1.165, 1.54) is 0 Å². The van der Waals surface area contributed by atoms with Gasteiger partial charge in [0.25, 0.3) is 0 Å². The Morgan fingerprint density at radius 1 is 1.42 bits per heavy atom. The quantitative estimate of drug-likeness (QED) is 0.609. The van der Waals surface area contributed by atoms with Crippen molar-refractivity contribution in [3.05, 3.63) is 35.9 Å². The van der Waals surface area contributed by atoms with Crippen LogP contribution in [0.15, 0.2) is 30.3 Å². The van der Waals surface area contributed by atoms with Crippen LogP contribution in [0.1, 0.15) is 11.1 Å². The number of rotatable bonds is 3. The molecule has 0 aliphatic heterocycles. The summed E-state index contributed by atoms with van der Waals surface area (Å²) < 4.78 is 14.7. The molecule has 0 bridgehead atoms. The smallest absolute Gasteiger partial charge is 0.133 e. The Hall–Kier alpha value is -0.470. The molecule has 12 heavy (non-hydrogen) atoms. The fraction of sp³-hybridized carbons (Fsp3) is 0.143. The van der Waals surface area contributed by atoms with E-state index in [0.717, 1.165) is 0 Å². The highest BCUT2D eigenvalue weighted by Gasteiger charge is 2.21. The summed E-state index contributed by atoms with van der Waals surface area (Å²) in [5.74, 6) is 0. The van der Waals surface area contributed by atoms with Crippen molar-refractivity contribution in [2.45, 2.75) is 5.56 Å². The molecule has 0 saturated carbocycles. The lowest BCUT2D eigenvalue weighted by Gasteiger charge is -1.99. The van der Waals surface area contributed by atoms with Crippen LogP contribution in [0.5, 0.6) is 0 Å².